The van der Waals surface area contributed by atoms with Crippen LogP contribution < -0.4 is 0 Å². The van der Waals surface area contributed by atoms with Crippen molar-refractivity contribution in [3.8, 4) is 5.69 Å². The van der Waals surface area contributed by atoms with Crippen molar-refractivity contribution in [3.63, 3.8) is 0 Å². The van der Waals surface area contributed by atoms with Crippen LogP contribution in [0.25, 0.3) is 11.8 Å². The molecule has 1 aromatic carbocycles. The van der Waals surface area contributed by atoms with Crippen molar-refractivity contribution in [1.29, 1.82) is 0 Å². The molecule has 1 amide bonds. The number of esters is 1. The molecule has 0 atom stereocenters. The first-order chi connectivity index (χ1) is 14.4. The standard InChI is InChI=1S/C23H26FN3O3/c1-4-26(19-7-5-6-8-19)22(28)15-30-23(29)14-13-21-16(2)25-27(17(21)3)20-11-9-18(24)10-12-20/h7,9-14H,4-6,8,15H2,1-3H3/b14-13+. The number of hydrogen-bond donors (Lipinski definition) is 0. The summed E-state index contributed by atoms with van der Waals surface area (Å²) in [5, 5.41) is 4.46. The van der Waals surface area contributed by atoms with Crippen LogP contribution in [-0.2, 0) is 14.3 Å². The molecule has 6 nitrogen and oxygen atoms in total. The number of amides is 1. The van der Waals surface area contributed by atoms with Gasteiger partial charge in [-0.3, -0.25) is 4.79 Å². The summed E-state index contributed by atoms with van der Waals surface area (Å²) in [5.74, 6) is -1.12. The van der Waals surface area contributed by atoms with Gasteiger partial charge in [0.25, 0.3) is 5.91 Å². The zero-order valence-corrected chi connectivity index (χ0v) is 17.5. The number of carbonyl (C=O) groups is 2. The number of nitrogens with zero attached hydrogens (tertiary/aromatic N) is 3. The maximum absolute atomic E-state index is 13.2. The molecule has 1 heterocycles. The Balaban J connectivity index is 1.63. The molecule has 30 heavy (non-hydrogen) atoms. The second kappa shape index (κ2) is 9.52. The second-order valence-corrected chi connectivity index (χ2v) is 7.14. The van der Waals surface area contributed by atoms with Gasteiger partial charge in [0, 0.05) is 29.6 Å². The second-order valence-electron chi connectivity index (χ2n) is 7.14. The molecule has 0 N–H and O–H groups in total. The molecule has 0 radical (unpaired) electrons. The Morgan fingerprint density at radius 1 is 1.27 bits per heavy atom. The van der Waals surface area contributed by atoms with Crippen molar-refractivity contribution in [1.82, 2.24) is 14.7 Å². The Bertz CT molecular complexity index is 990. The quantitative estimate of drug-likeness (QED) is 0.508. The predicted octanol–water partition coefficient (Wildman–Crippen LogP) is 4.10. The fourth-order valence-corrected chi connectivity index (χ4v) is 3.58. The van der Waals surface area contributed by atoms with Crippen LogP contribution in [0.4, 0.5) is 4.39 Å². The Morgan fingerprint density at radius 3 is 2.63 bits per heavy atom. The van der Waals surface area contributed by atoms with E-state index >= 15 is 0 Å². The van der Waals surface area contributed by atoms with Gasteiger partial charge < -0.3 is 9.64 Å². The van der Waals surface area contributed by atoms with E-state index in [1.165, 1.54) is 18.2 Å². The number of rotatable bonds is 7. The molecule has 0 saturated heterocycles. The van der Waals surface area contributed by atoms with Gasteiger partial charge in [-0.1, -0.05) is 6.08 Å². The maximum Gasteiger partial charge on any atom is 0.331 e. The molecule has 0 spiro atoms. The number of ether oxygens (including phenoxy) is 1. The van der Waals surface area contributed by atoms with Crippen LogP contribution in [0.3, 0.4) is 0 Å². The van der Waals surface area contributed by atoms with Crippen molar-refractivity contribution in [3.05, 3.63) is 64.9 Å². The average Bonchev–Trinajstić information content (AvgIpc) is 3.35. The highest BCUT2D eigenvalue weighted by Gasteiger charge is 2.19. The number of benzene rings is 1. The number of aryl methyl sites for hydroxylation is 1. The Kier molecular flexibility index (Phi) is 6.82. The van der Waals surface area contributed by atoms with Crippen LogP contribution in [-0.4, -0.2) is 39.7 Å². The number of allylic oxidation sites excluding steroid dienone is 2. The molecule has 158 valence electrons. The van der Waals surface area contributed by atoms with E-state index in [1.807, 2.05) is 20.8 Å². The first kappa shape index (κ1) is 21.5. The number of aromatic nitrogens is 2. The van der Waals surface area contributed by atoms with Crippen LogP contribution in [0.15, 0.2) is 42.1 Å². The lowest BCUT2D eigenvalue weighted by Crippen LogP contribution is -2.33. The molecule has 2 aromatic rings. The Morgan fingerprint density at radius 2 is 2.00 bits per heavy atom. The van der Waals surface area contributed by atoms with E-state index < -0.39 is 5.97 Å². The first-order valence-electron chi connectivity index (χ1n) is 10.1. The van der Waals surface area contributed by atoms with E-state index in [0.717, 1.165) is 47.6 Å². The fourth-order valence-electron chi connectivity index (χ4n) is 3.58. The topological polar surface area (TPSA) is 64.4 Å². The first-order valence-corrected chi connectivity index (χ1v) is 10.1. The summed E-state index contributed by atoms with van der Waals surface area (Å²) in [7, 11) is 0. The molecule has 1 aliphatic rings. The predicted molar refractivity (Wildman–Crippen MR) is 112 cm³/mol. The highest BCUT2D eigenvalue weighted by atomic mass is 19.1. The molecule has 0 bridgehead atoms. The van der Waals surface area contributed by atoms with E-state index in [0.29, 0.717) is 6.54 Å². The third-order valence-electron chi connectivity index (χ3n) is 5.12. The molecule has 0 aliphatic heterocycles. The van der Waals surface area contributed by atoms with Gasteiger partial charge >= 0.3 is 5.97 Å². The van der Waals surface area contributed by atoms with Crippen LogP contribution in [0.5, 0.6) is 0 Å². The van der Waals surface area contributed by atoms with E-state index in [4.69, 9.17) is 4.74 Å². The normalized spacial score (nSPS) is 13.5. The SMILES string of the molecule is CCN(C(=O)COC(=O)/C=C/c1c(C)nn(-c2ccc(F)cc2)c1C)C1=CCCC1. The number of carbonyl (C=O) groups excluding carboxylic acids is 2. The van der Waals surface area contributed by atoms with Gasteiger partial charge in [0.15, 0.2) is 6.61 Å². The minimum Gasteiger partial charge on any atom is -0.452 e. The molecular formula is C23H26FN3O3. The molecule has 0 unspecified atom stereocenters. The smallest absolute Gasteiger partial charge is 0.331 e. The van der Waals surface area contributed by atoms with Crippen LogP contribution >= 0.6 is 0 Å². The Hall–Kier alpha value is -3.22. The average molecular weight is 411 g/mol. The van der Waals surface area contributed by atoms with Crippen molar-refractivity contribution < 1.29 is 18.7 Å². The number of halogens is 1. The third-order valence-corrected chi connectivity index (χ3v) is 5.12. The lowest BCUT2D eigenvalue weighted by molar-refractivity contribution is -0.147. The highest BCUT2D eigenvalue weighted by molar-refractivity contribution is 5.90. The monoisotopic (exact) mass is 411 g/mol. The van der Waals surface area contributed by atoms with Gasteiger partial charge in [-0.2, -0.15) is 5.10 Å². The van der Waals surface area contributed by atoms with E-state index in [9.17, 15) is 14.0 Å². The molecule has 1 aliphatic carbocycles. The van der Waals surface area contributed by atoms with Crippen molar-refractivity contribution >= 4 is 18.0 Å². The third kappa shape index (κ3) is 4.84. The van der Waals surface area contributed by atoms with Gasteiger partial charge in [0.2, 0.25) is 0 Å². The summed E-state index contributed by atoms with van der Waals surface area (Å²) in [6.45, 7) is 5.87. The summed E-state index contributed by atoms with van der Waals surface area (Å²) in [6.07, 6.45) is 7.89. The lowest BCUT2D eigenvalue weighted by Gasteiger charge is -2.21. The number of likely N-dealkylation sites (N-methyl/N-ethyl adjacent to an activating group) is 1. The van der Waals surface area contributed by atoms with Crippen molar-refractivity contribution in [2.45, 2.75) is 40.0 Å². The minimum absolute atomic E-state index is 0.219. The van der Waals surface area contributed by atoms with E-state index in [1.54, 1.807) is 27.8 Å². The van der Waals surface area contributed by atoms with Crippen LogP contribution in [0.2, 0.25) is 0 Å². The van der Waals surface area contributed by atoms with Gasteiger partial charge in [-0.15, -0.1) is 0 Å². The van der Waals surface area contributed by atoms with E-state index in [2.05, 4.69) is 11.2 Å². The summed E-state index contributed by atoms with van der Waals surface area (Å²) in [5.41, 5.74) is 4.04. The zero-order chi connectivity index (χ0) is 21.7. The molecule has 7 heteroatoms. The van der Waals surface area contributed by atoms with Gasteiger partial charge in [-0.25, -0.2) is 13.9 Å². The Labute approximate surface area is 175 Å². The summed E-state index contributed by atoms with van der Waals surface area (Å²) in [4.78, 5) is 26.2. The number of hydrogen-bond acceptors (Lipinski definition) is 4. The minimum atomic E-state index is -0.590. The summed E-state index contributed by atoms with van der Waals surface area (Å²) in [6, 6.07) is 6.02. The summed E-state index contributed by atoms with van der Waals surface area (Å²) < 4.78 is 20.0. The zero-order valence-electron chi connectivity index (χ0n) is 17.5. The lowest BCUT2D eigenvalue weighted by atomic mass is 10.2. The van der Waals surface area contributed by atoms with Gasteiger partial charge in [0.05, 0.1) is 11.4 Å². The highest BCUT2D eigenvalue weighted by Crippen LogP contribution is 2.22. The van der Waals surface area contributed by atoms with Crippen molar-refractivity contribution in [2.24, 2.45) is 0 Å². The largest absolute Gasteiger partial charge is 0.452 e. The fraction of sp³-hybridized carbons (Fsp3) is 0.348. The van der Waals surface area contributed by atoms with Crippen LogP contribution in [0, 0.1) is 19.7 Å². The van der Waals surface area contributed by atoms with Crippen molar-refractivity contribution in [2.75, 3.05) is 13.2 Å². The van der Waals surface area contributed by atoms with E-state index in [-0.39, 0.29) is 18.3 Å². The van der Waals surface area contributed by atoms with Gasteiger partial charge in [-0.05, 0) is 70.4 Å². The molecule has 1 aromatic heterocycles. The maximum atomic E-state index is 13.2. The van der Waals surface area contributed by atoms with Gasteiger partial charge in [0.1, 0.15) is 5.82 Å². The summed E-state index contributed by atoms with van der Waals surface area (Å²) >= 11 is 0. The van der Waals surface area contributed by atoms with Crippen LogP contribution in [0.1, 0.15) is 43.1 Å². The molecule has 3 rings (SSSR count). The molecule has 0 saturated carbocycles. The molecular weight excluding hydrogens is 385 g/mol. The molecule has 0 fully saturated rings.